The largest absolute Gasteiger partial charge is 0.497 e. The van der Waals surface area contributed by atoms with Crippen molar-refractivity contribution in [1.82, 2.24) is 19.2 Å². The number of sulfonamides is 1. The van der Waals surface area contributed by atoms with Crippen molar-refractivity contribution in [3.8, 4) is 16.3 Å². The summed E-state index contributed by atoms with van der Waals surface area (Å²) >= 11 is 1.35. The number of nitrogens with zero attached hydrogens (tertiary/aromatic N) is 4. The smallest absolute Gasteiger partial charge is 0.265 e. The third-order valence-corrected chi connectivity index (χ3v) is 8.11. The molecule has 1 fully saturated rings. The Bertz CT molecular complexity index is 1250. The van der Waals surface area contributed by atoms with Gasteiger partial charge in [0.2, 0.25) is 10.0 Å². The molecule has 0 aliphatic carbocycles. The summed E-state index contributed by atoms with van der Waals surface area (Å²) in [4.78, 5) is 23.9. The van der Waals surface area contributed by atoms with Crippen LogP contribution in [0.15, 0.2) is 54.2 Å². The molecule has 0 atom stereocenters. The molecule has 8 nitrogen and oxygen atoms in total. The van der Waals surface area contributed by atoms with E-state index in [-0.39, 0.29) is 19.0 Å². The zero-order valence-electron chi connectivity index (χ0n) is 18.3. The highest BCUT2D eigenvalue weighted by Gasteiger charge is 2.29. The molecule has 33 heavy (non-hydrogen) atoms. The molecule has 0 bridgehead atoms. The molecule has 0 spiro atoms. The van der Waals surface area contributed by atoms with Crippen LogP contribution in [0.1, 0.15) is 20.9 Å². The summed E-state index contributed by atoms with van der Waals surface area (Å²) in [6.07, 6.45) is 4.94. The van der Waals surface area contributed by atoms with E-state index in [0.29, 0.717) is 29.4 Å². The van der Waals surface area contributed by atoms with E-state index in [1.807, 2.05) is 19.1 Å². The number of piperazine rings is 1. The fourth-order valence-electron chi connectivity index (χ4n) is 3.47. The van der Waals surface area contributed by atoms with Crippen molar-refractivity contribution in [2.24, 2.45) is 0 Å². The molecule has 0 saturated carbocycles. The number of benzene rings is 1. The van der Waals surface area contributed by atoms with E-state index in [2.05, 4.69) is 9.97 Å². The Morgan fingerprint density at radius 3 is 2.36 bits per heavy atom. The maximum Gasteiger partial charge on any atom is 0.265 e. The van der Waals surface area contributed by atoms with Gasteiger partial charge >= 0.3 is 0 Å². The first-order chi connectivity index (χ1) is 15.9. The number of carbonyl (C=O) groups excluding carboxylic acids is 1. The van der Waals surface area contributed by atoms with E-state index >= 15 is 0 Å². The molecule has 1 aromatic carbocycles. The monoisotopic (exact) mass is 484 g/mol. The summed E-state index contributed by atoms with van der Waals surface area (Å²) in [6, 6.07) is 10.8. The number of aromatic nitrogens is 2. The van der Waals surface area contributed by atoms with Gasteiger partial charge in [0.15, 0.2) is 0 Å². The second-order valence-corrected chi connectivity index (χ2v) is 10.3. The highest BCUT2D eigenvalue weighted by molar-refractivity contribution is 7.92. The van der Waals surface area contributed by atoms with Gasteiger partial charge in [0.1, 0.15) is 15.6 Å². The van der Waals surface area contributed by atoms with E-state index in [1.54, 1.807) is 54.7 Å². The highest BCUT2D eigenvalue weighted by Crippen LogP contribution is 2.29. The predicted octanol–water partition coefficient (Wildman–Crippen LogP) is 3.28. The molecular formula is C23H24N4O4S2. The average Bonchev–Trinajstić information content (AvgIpc) is 3.25. The molecule has 3 aromatic rings. The first kappa shape index (κ1) is 23.1. The zero-order chi connectivity index (χ0) is 23.4. The highest BCUT2D eigenvalue weighted by atomic mass is 32.2. The standard InChI is InChI=1S/C23H24N4O4S2/c1-17-21(32-22(25-17)19-7-10-24-11-8-19)23(28)26-12-14-27(15-13-26)33(29,30)16-9-18-3-5-20(31-2)6-4-18/h3-11,16H,12-15H2,1-2H3/b16-9+. The molecule has 3 heterocycles. The second-order valence-electron chi connectivity index (χ2n) is 7.48. The third kappa shape index (κ3) is 5.29. The minimum Gasteiger partial charge on any atom is -0.497 e. The van der Waals surface area contributed by atoms with Crippen molar-refractivity contribution in [3.05, 3.63) is 70.3 Å². The number of aryl methyl sites for hydroxylation is 1. The van der Waals surface area contributed by atoms with Crippen molar-refractivity contribution >= 4 is 33.3 Å². The Balaban J connectivity index is 1.39. The first-order valence-electron chi connectivity index (χ1n) is 10.4. The number of hydrogen-bond donors (Lipinski definition) is 0. The minimum absolute atomic E-state index is 0.115. The van der Waals surface area contributed by atoms with Gasteiger partial charge in [-0.25, -0.2) is 13.4 Å². The lowest BCUT2D eigenvalue weighted by atomic mass is 10.2. The SMILES string of the molecule is COc1ccc(/C=C/S(=O)(=O)N2CCN(C(=O)c3sc(-c4ccncc4)nc3C)CC2)cc1. The zero-order valence-corrected chi connectivity index (χ0v) is 20.0. The van der Waals surface area contributed by atoms with Crippen LogP contribution in [-0.4, -0.2) is 66.8 Å². The molecule has 2 aromatic heterocycles. The third-order valence-electron chi connectivity index (χ3n) is 5.35. The first-order valence-corrected chi connectivity index (χ1v) is 12.7. The van der Waals surface area contributed by atoms with E-state index in [0.717, 1.165) is 16.1 Å². The van der Waals surface area contributed by atoms with Crippen LogP contribution in [-0.2, 0) is 10.0 Å². The van der Waals surface area contributed by atoms with Gasteiger partial charge < -0.3 is 9.64 Å². The molecule has 10 heteroatoms. The summed E-state index contributed by atoms with van der Waals surface area (Å²) in [5, 5.41) is 1.98. The normalized spacial score (nSPS) is 15.2. The van der Waals surface area contributed by atoms with Gasteiger partial charge in [-0.2, -0.15) is 4.31 Å². The number of ether oxygens (including phenoxy) is 1. The van der Waals surface area contributed by atoms with Crippen molar-refractivity contribution in [2.75, 3.05) is 33.3 Å². The number of carbonyl (C=O) groups is 1. The molecule has 1 aliphatic heterocycles. The number of pyridine rings is 1. The number of methoxy groups -OCH3 is 1. The maximum absolute atomic E-state index is 13.1. The lowest BCUT2D eigenvalue weighted by Gasteiger charge is -2.33. The van der Waals surface area contributed by atoms with Crippen molar-refractivity contribution in [1.29, 1.82) is 0 Å². The quantitative estimate of drug-likeness (QED) is 0.533. The fraction of sp³-hybridized carbons (Fsp3) is 0.261. The van der Waals surface area contributed by atoms with Crippen LogP contribution in [0, 0.1) is 6.92 Å². The van der Waals surface area contributed by atoms with Crippen LogP contribution in [0.5, 0.6) is 5.75 Å². The Labute approximate surface area is 197 Å². The lowest BCUT2D eigenvalue weighted by molar-refractivity contribution is 0.0702. The second kappa shape index (κ2) is 9.82. The van der Waals surface area contributed by atoms with Gasteiger partial charge in [-0.3, -0.25) is 9.78 Å². The molecule has 172 valence electrons. The van der Waals surface area contributed by atoms with Gasteiger partial charge in [0.25, 0.3) is 5.91 Å². The molecule has 0 unspecified atom stereocenters. The average molecular weight is 485 g/mol. The Hall–Kier alpha value is -3.08. The maximum atomic E-state index is 13.1. The topological polar surface area (TPSA) is 92.7 Å². The van der Waals surface area contributed by atoms with Crippen LogP contribution in [0.25, 0.3) is 16.6 Å². The van der Waals surface area contributed by atoms with E-state index in [1.165, 1.54) is 21.1 Å². The summed E-state index contributed by atoms with van der Waals surface area (Å²) in [5.74, 6) is 0.594. The Kier molecular flexibility index (Phi) is 6.87. The van der Waals surface area contributed by atoms with Crippen LogP contribution in [0.4, 0.5) is 0 Å². The number of amides is 1. The Morgan fingerprint density at radius 1 is 1.06 bits per heavy atom. The van der Waals surface area contributed by atoms with Crippen LogP contribution < -0.4 is 4.74 Å². The van der Waals surface area contributed by atoms with Crippen LogP contribution in [0.3, 0.4) is 0 Å². The summed E-state index contributed by atoms with van der Waals surface area (Å²) in [7, 11) is -2.00. The van der Waals surface area contributed by atoms with Gasteiger partial charge in [0, 0.05) is 49.5 Å². The van der Waals surface area contributed by atoms with Gasteiger partial charge in [-0.15, -0.1) is 11.3 Å². The van der Waals surface area contributed by atoms with Crippen LogP contribution in [0.2, 0.25) is 0 Å². The predicted molar refractivity (Wildman–Crippen MR) is 129 cm³/mol. The molecule has 1 saturated heterocycles. The van der Waals surface area contributed by atoms with Gasteiger partial charge in [-0.1, -0.05) is 12.1 Å². The summed E-state index contributed by atoms with van der Waals surface area (Å²) < 4.78 is 32.0. The van der Waals surface area contributed by atoms with Crippen molar-refractivity contribution in [2.45, 2.75) is 6.92 Å². The lowest BCUT2D eigenvalue weighted by Crippen LogP contribution is -2.50. The summed E-state index contributed by atoms with van der Waals surface area (Å²) in [6.45, 7) is 2.97. The Morgan fingerprint density at radius 2 is 1.73 bits per heavy atom. The summed E-state index contributed by atoms with van der Waals surface area (Å²) in [5.41, 5.74) is 2.35. The van der Waals surface area contributed by atoms with Gasteiger partial charge in [0.05, 0.1) is 12.8 Å². The molecule has 1 amide bonds. The van der Waals surface area contributed by atoms with Crippen LogP contribution >= 0.6 is 11.3 Å². The van der Waals surface area contributed by atoms with E-state index < -0.39 is 10.0 Å². The minimum atomic E-state index is -3.58. The number of hydrogen-bond acceptors (Lipinski definition) is 7. The van der Waals surface area contributed by atoms with E-state index in [9.17, 15) is 13.2 Å². The van der Waals surface area contributed by atoms with Gasteiger partial charge in [-0.05, 0) is 42.8 Å². The molecule has 4 rings (SSSR count). The number of rotatable bonds is 6. The number of thiazole rings is 1. The molecule has 0 N–H and O–H groups in total. The van der Waals surface area contributed by atoms with Crippen molar-refractivity contribution in [3.63, 3.8) is 0 Å². The molecule has 0 radical (unpaired) electrons. The molecule has 1 aliphatic rings. The van der Waals surface area contributed by atoms with Crippen molar-refractivity contribution < 1.29 is 17.9 Å². The fourth-order valence-corrected chi connectivity index (χ4v) is 5.68. The van der Waals surface area contributed by atoms with E-state index in [4.69, 9.17) is 4.74 Å². The molecular weight excluding hydrogens is 460 g/mol.